The number of rotatable bonds is 2. The smallest absolute Gasteiger partial charge is 0.277 e. The van der Waals surface area contributed by atoms with Crippen LogP contribution in [0.4, 0.5) is 0 Å². The van der Waals surface area contributed by atoms with E-state index in [1.807, 2.05) is 12.4 Å². The molecule has 0 aliphatic heterocycles. The summed E-state index contributed by atoms with van der Waals surface area (Å²) in [6.45, 7) is 7.23. The summed E-state index contributed by atoms with van der Waals surface area (Å²) in [5.41, 5.74) is 5.70. The van der Waals surface area contributed by atoms with E-state index in [0.29, 0.717) is 6.54 Å². The van der Waals surface area contributed by atoms with Gasteiger partial charge in [0.25, 0.3) is 5.56 Å². The zero-order valence-corrected chi connectivity index (χ0v) is 15.2. The Kier molecular flexibility index (Phi) is 3.78. The lowest BCUT2D eigenvalue weighted by Crippen LogP contribution is -2.23. The van der Waals surface area contributed by atoms with E-state index in [9.17, 15) is 4.79 Å². The average Bonchev–Trinajstić information content (AvgIpc) is 2.96. The number of fused-ring (bicyclic) bond motifs is 3. The van der Waals surface area contributed by atoms with Gasteiger partial charge in [-0.15, -0.1) is 0 Å². The van der Waals surface area contributed by atoms with Crippen LogP contribution < -0.4 is 5.56 Å². The molecular weight excluding hydrogens is 310 g/mol. The maximum atomic E-state index is 13.0. The fourth-order valence-electron chi connectivity index (χ4n) is 3.69. The molecule has 0 unspecified atom stereocenters. The van der Waals surface area contributed by atoms with Gasteiger partial charge in [0.1, 0.15) is 5.52 Å². The zero-order valence-electron chi connectivity index (χ0n) is 15.2. The van der Waals surface area contributed by atoms with Crippen molar-refractivity contribution in [2.75, 3.05) is 0 Å². The Morgan fingerprint density at radius 1 is 1.04 bits per heavy atom. The van der Waals surface area contributed by atoms with Crippen LogP contribution in [0.5, 0.6) is 0 Å². The van der Waals surface area contributed by atoms with Gasteiger partial charge in [-0.2, -0.15) is 5.10 Å². The molecule has 1 aromatic carbocycles. The molecule has 0 saturated heterocycles. The summed E-state index contributed by atoms with van der Waals surface area (Å²) < 4.78 is 3.58. The predicted molar refractivity (Wildman–Crippen MR) is 100 cm³/mol. The van der Waals surface area contributed by atoms with Crippen LogP contribution in [-0.4, -0.2) is 14.2 Å². The van der Waals surface area contributed by atoms with E-state index in [1.165, 1.54) is 12.0 Å². The molecule has 3 aromatic rings. The molecule has 130 valence electrons. The molecule has 1 aliphatic carbocycles. The molecule has 0 fully saturated rings. The van der Waals surface area contributed by atoms with Crippen LogP contribution in [0, 0.1) is 0 Å². The van der Waals surface area contributed by atoms with Gasteiger partial charge in [0.05, 0.1) is 12.2 Å². The highest BCUT2D eigenvalue weighted by molar-refractivity contribution is 5.56. The summed E-state index contributed by atoms with van der Waals surface area (Å²) in [6.07, 6.45) is 8.05. The number of hydrogen-bond acceptors (Lipinski definition) is 2. The molecule has 0 radical (unpaired) electrons. The minimum atomic E-state index is 0.0676. The highest BCUT2D eigenvalue weighted by atomic mass is 16.1. The largest absolute Gasteiger partial charge is 0.308 e. The maximum Gasteiger partial charge on any atom is 0.277 e. The van der Waals surface area contributed by atoms with E-state index < -0.39 is 0 Å². The average molecular weight is 335 g/mol. The van der Waals surface area contributed by atoms with E-state index in [2.05, 4.69) is 50.1 Å². The van der Waals surface area contributed by atoms with Crippen molar-refractivity contribution in [2.24, 2.45) is 0 Å². The van der Waals surface area contributed by atoms with E-state index in [1.54, 1.807) is 9.08 Å². The van der Waals surface area contributed by atoms with Gasteiger partial charge in [0.15, 0.2) is 0 Å². The van der Waals surface area contributed by atoms with Gasteiger partial charge >= 0.3 is 0 Å². The first-order chi connectivity index (χ1) is 11.9. The molecule has 0 saturated carbocycles. The van der Waals surface area contributed by atoms with Crippen molar-refractivity contribution in [3.63, 3.8) is 0 Å². The molecule has 25 heavy (non-hydrogen) atoms. The lowest BCUT2D eigenvalue weighted by atomic mass is 9.87. The van der Waals surface area contributed by atoms with Crippen molar-refractivity contribution in [2.45, 2.75) is 58.4 Å². The Hall–Kier alpha value is -2.36. The molecule has 1 aliphatic rings. The normalized spacial score (nSPS) is 14.7. The van der Waals surface area contributed by atoms with Crippen molar-refractivity contribution in [3.8, 4) is 0 Å². The number of nitrogens with zero attached hydrogens (tertiary/aromatic N) is 3. The van der Waals surface area contributed by atoms with Gasteiger partial charge in [-0.25, -0.2) is 4.52 Å². The SMILES string of the molecule is CC(C)(C)c1ccc(Cn2ccn3nc4c(c3c2=O)CCCC4)cc1. The van der Waals surface area contributed by atoms with Gasteiger partial charge in [-0.1, -0.05) is 45.0 Å². The van der Waals surface area contributed by atoms with E-state index >= 15 is 0 Å². The highest BCUT2D eigenvalue weighted by Crippen LogP contribution is 2.24. The van der Waals surface area contributed by atoms with Gasteiger partial charge in [0, 0.05) is 18.0 Å². The minimum Gasteiger partial charge on any atom is -0.308 e. The van der Waals surface area contributed by atoms with E-state index in [0.717, 1.165) is 41.6 Å². The third-order valence-corrected chi connectivity index (χ3v) is 5.21. The quantitative estimate of drug-likeness (QED) is 0.716. The Morgan fingerprint density at radius 2 is 1.76 bits per heavy atom. The molecule has 0 spiro atoms. The van der Waals surface area contributed by atoms with Crippen LogP contribution in [0.15, 0.2) is 41.5 Å². The molecular formula is C21H25N3O. The van der Waals surface area contributed by atoms with Gasteiger partial charge in [-0.3, -0.25) is 4.79 Å². The number of aryl methyl sites for hydroxylation is 2. The summed E-state index contributed by atoms with van der Waals surface area (Å²) in [5, 5.41) is 4.60. The third-order valence-electron chi connectivity index (χ3n) is 5.21. The van der Waals surface area contributed by atoms with Crippen molar-refractivity contribution in [3.05, 3.63) is 69.4 Å². The Bertz CT molecular complexity index is 971. The molecule has 2 aromatic heterocycles. The Balaban J connectivity index is 1.70. The van der Waals surface area contributed by atoms with Gasteiger partial charge in [-0.05, 0) is 42.2 Å². The predicted octanol–water partition coefficient (Wildman–Crippen LogP) is 3.72. The number of aromatic nitrogens is 3. The maximum absolute atomic E-state index is 13.0. The molecule has 4 rings (SSSR count). The van der Waals surface area contributed by atoms with E-state index in [4.69, 9.17) is 0 Å². The Morgan fingerprint density at radius 3 is 2.48 bits per heavy atom. The van der Waals surface area contributed by atoms with Crippen LogP contribution >= 0.6 is 0 Å². The van der Waals surface area contributed by atoms with Gasteiger partial charge in [0.2, 0.25) is 0 Å². The van der Waals surface area contributed by atoms with Crippen LogP contribution in [-0.2, 0) is 24.8 Å². The first-order valence-electron chi connectivity index (χ1n) is 9.12. The van der Waals surface area contributed by atoms with Crippen molar-refractivity contribution in [1.29, 1.82) is 0 Å². The third kappa shape index (κ3) is 2.90. The molecule has 4 heteroatoms. The van der Waals surface area contributed by atoms with Crippen LogP contribution in [0.2, 0.25) is 0 Å². The molecule has 0 bridgehead atoms. The number of hydrogen-bond donors (Lipinski definition) is 0. The molecule has 2 heterocycles. The standard InChI is InChI=1S/C21H25N3O/c1-21(2,3)16-10-8-15(9-11-16)14-23-12-13-24-19(20(23)25)17-6-4-5-7-18(17)22-24/h8-13H,4-7,14H2,1-3H3. The fourth-order valence-corrected chi connectivity index (χ4v) is 3.69. The summed E-state index contributed by atoms with van der Waals surface area (Å²) in [7, 11) is 0. The monoisotopic (exact) mass is 335 g/mol. The summed E-state index contributed by atoms with van der Waals surface area (Å²) in [5.74, 6) is 0. The summed E-state index contributed by atoms with van der Waals surface area (Å²) in [6, 6.07) is 8.59. The first kappa shape index (κ1) is 16.1. The minimum absolute atomic E-state index is 0.0676. The zero-order chi connectivity index (χ0) is 17.6. The second kappa shape index (κ2) is 5.87. The van der Waals surface area contributed by atoms with Crippen LogP contribution in [0.3, 0.4) is 0 Å². The van der Waals surface area contributed by atoms with Crippen molar-refractivity contribution in [1.82, 2.24) is 14.2 Å². The first-order valence-corrected chi connectivity index (χ1v) is 9.12. The Labute approximate surface area is 148 Å². The van der Waals surface area contributed by atoms with Crippen LogP contribution in [0.1, 0.15) is 56.0 Å². The number of benzene rings is 1. The van der Waals surface area contributed by atoms with Gasteiger partial charge < -0.3 is 4.57 Å². The lowest BCUT2D eigenvalue weighted by molar-refractivity contribution is 0.589. The fraction of sp³-hybridized carbons (Fsp3) is 0.429. The summed E-state index contributed by atoms with van der Waals surface area (Å²) >= 11 is 0. The second-order valence-corrected chi connectivity index (χ2v) is 8.10. The van der Waals surface area contributed by atoms with Crippen LogP contribution in [0.25, 0.3) is 5.52 Å². The molecule has 4 nitrogen and oxygen atoms in total. The molecule has 0 atom stereocenters. The lowest BCUT2D eigenvalue weighted by Gasteiger charge is -2.19. The second-order valence-electron chi connectivity index (χ2n) is 8.10. The van der Waals surface area contributed by atoms with E-state index in [-0.39, 0.29) is 11.0 Å². The summed E-state index contributed by atoms with van der Waals surface area (Å²) in [4.78, 5) is 13.0. The topological polar surface area (TPSA) is 39.3 Å². The van der Waals surface area contributed by atoms with Crippen molar-refractivity contribution < 1.29 is 0 Å². The molecule has 0 N–H and O–H groups in total. The molecule has 0 amide bonds. The highest BCUT2D eigenvalue weighted by Gasteiger charge is 2.19. The van der Waals surface area contributed by atoms with Crippen molar-refractivity contribution >= 4 is 5.52 Å².